The maximum Gasteiger partial charge on any atom is 0.400 e. The molecule has 0 aliphatic heterocycles. The molecule has 96 valence electrons. The van der Waals surface area contributed by atoms with E-state index in [1.54, 1.807) is 0 Å². The van der Waals surface area contributed by atoms with Crippen molar-refractivity contribution in [3.05, 3.63) is 35.4 Å². The van der Waals surface area contributed by atoms with E-state index >= 15 is 0 Å². The van der Waals surface area contributed by atoms with Crippen LogP contribution in [0.15, 0.2) is 24.3 Å². The van der Waals surface area contributed by atoms with Crippen molar-refractivity contribution in [2.75, 3.05) is 6.54 Å². The molecule has 17 heavy (non-hydrogen) atoms. The minimum Gasteiger partial charge on any atom is -0.330 e. The van der Waals surface area contributed by atoms with E-state index in [-0.39, 0.29) is 13.0 Å². The molecule has 0 spiro atoms. The Morgan fingerprint density at radius 2 is 1.94 bits per heavy atom. The molecule has 0 saturated carbocycles. The second-order valence-corrected chi connectivity index (χ2v) is 5.04. The lowest BCUT2D eigenvalue weighted by Crippen LogP contribution is -2.28. The molecule has 0 aliphatic carbocycles. The first-order valence-electron chi connectivity index (χ1n) is 5.38. The summed E-state index contributed by atoms with van der Waals surface area (Å²) in [6.45, 7) is 1.96. The van der Waals surface area contributed by atoms with E-state index in [0.717, 1.165) is 22.9 Å². The summed E-state index contributed by atoms with van der Waals surface area (Å²) in [5.74, 6) is 0.372. The van der Waals surface area contributed by atoms with Gasteiger partial charge < -0.3 is 5.73 Å². The van der Waals surface area contributed by atoms with Gasteiger partial charge in [-0.25, -0.2) is 0 Å². The maximum atomic E-state index is 12.6. The fourth-order valence-electron chi connectivity index (χ4n) is 1.46. The van der Waals surface area contributed by atoms with E-state index in [1.165, 1.54) is 0 Å². The molecule has 1 aromatic rings. The Hall–Kier alpha value is -0.680. The number of nitrogens with two attached hydrogens (primary N) is 1. The van der Waals surface area contributed by atoms with Gasteiger partial charge in [0.25, 0.3) is 0 Å². The van der Waals surface area contributed by atoms with Crippen molar-refractivity contribution in [3.63, 3.8) is 0 Å². The number of rotatable bonds is 5. The highest BCUT2D eigenvalue weighted by atomic mass is 32.2. The molecule has 1 aromatic carbocycles. The first kappa shape index (κ1) is 14.4. The van der Waals surface area contributed by atoms with Crippen LogP contribution in [0, 0.1) is 6.92 Å². The van der Waals surface area contributed by atoms with E-state index in [1.807, 2.05) is 31.2 Å². The lowest BCUT2D eigenvalue weighted by Gasteiger charge is -2.19. The number of thioether (sulfide) groups is 1. The average Bonchev–Trinajstić information content (AvgIpc) is 2.24. The Morgan fingerprint density at radius 3 is 2.47 bits per heavy atom. The van der Waals surface area contributed by atoms with E-state index in [0.29, 0.717) is 5.75 Å². The third-order valence-corrected chi connectivity index (χ3v) is 3.88. The molecular formula is C12H16F3NS. The molecular weight excluding hydrogens is 247 g/mol. The van der Waals surface area contributed by atoms with Crippen molar-refractivity contribution in [2.45, 2.75) is 30.5 Å². The molecule has 1 nitrogen and oxygen atoms in total. The van der Waals surface area contributed by atoms with Crippen LogP contribution in [-0.4, -0.2) is 18.0 Å². The Balaban J connectivity index is 2.61. The van der Waals surface area contributed by atoms with E-state index in [4.69, 9.17) is 5.73 Å². The summed E-state index contributed by atoms with van der Waals surface area (Å²) in [4.78, 5) is 0. The fraction of sp³-hybridized carbons (Fsp3) is 0.500. The largest absolute Gasteiger partial charge is 0.400 e. The van der Waals surface area contributed by atoms with Gasteiger partial charge in [-0.3, -0.25) is 0 Å². The van der Waals surface area contributed by atoms with Crippen LogP contribution in [0.3, 0.4) is 0 Å². The van der Waals surface area contributed by atoms with Gasteiger partial charge in [-0.05, 0) is 31.0 Å². The first-order valence-corrected chi connectivity index (χ1v) is 6.43. The minimum atomic E-state index is -4.17. The summed E-state index contributed by atoms with van der Waals surface area (Å²) in [6.07, 6.45) is -4.20. The number of alkyl halides is 3. The molecule has 0 aliphatic rings. The van der Waals surface area contributed by atoms with Gasteiger partial charge in [0, 0.05) is 5.75 Å². The number of aryl methyl sites for hydroxylation is 1. The van der Waals surface area contributed by atoms with Crippen molar-refractivity contribution in [1.82, 2.24) is 0 Å². The van der Waals surface area contributed by atoms with Crippen LogP contribution < -0.4 is 5.73 Å². The van der Waals surface area contributed by atoms with Crippen molar-refractivity contribution < 1.29 is 13.2 Å². The molecule has 0 radical (unpaired) electrons. The van der Waals surface area contributed by atoms with Gasteiger partial charge in [-0.15, -0.1) is 11.8 Å². The Labute approximate surface area is 104 Å². The molecule has 0 bridgehead atoms. The van der Waals surface area contributed by atoms with Crippen molar-refractivity contribution in [3.8, 4) is 0 Å². The van der Waals surface area contributed by atoms with Crippen LogP contribution in [0.1, 0.15) is 17.5 Å². The minimum absolute atomic E-state index is 0.0277. The molecule has 0 saturated heterocycles. The molecule has 1 atom stereocenters. The van der Waals surface area contributed by atoms with E-state index in [2.05, 4.69) is 0 Å². The van der Waals surface area contributed by atoms with Gasteiger partial charge in [0.05, 0.1) is 0 Å². The van der Waals surface area contributed by atoms with Crippen LogP contribution >= 0.6 is 11.8 Å². The van der Waals surface area contributed by atoms with Gasteiger partial charge in [-0.1, -0.05) is 24.3 Å². The average molecular weight is 263 g/mol. The SMILES string of the molecule is Cc1ccccc1CSC(CCN)C(F)(F)F. The zero-order valence-corrected chi connectivity index (χ0v) is 10.4. The third-order valence-electron chi connectivity index (χ3n) is 2.50. The van der Waals surface area contributed by atoms with Gasteiger partial charge in [0.2, 0.25) is 0 Å². The topological polar surface area (TPSA) is 26.0 Å². The smallest absolute Gasteiger partial charge is 0.330 e. The normalized spacial score (nSPS) is 13.7. The third kappa shape index (κ3) is 4.60. The highest BCUT2D eigenvalue weighted by Gasteiger charge is 2.39. The number of benzene rings is 1. The van der Waals surface area contributed by atoms with Crippen LogP contribution in [-0.2, 0) is 5.75 Å². The summed E-state index contributed by atoms with van der Waals surface area (Å²) < 4.78 is 37.9. The zero-order chi connectivity index (χ0) is 12.9. The Morgan fingerprint density at radius 1 is 1.29 bits per heavy atom. The van der Waals surface area contributed by atoms with E-state index in [9.17, 15) is 13.2 Å². The fourth-order valence-corrected chi connectivity index (χ4v) is 2.65. The Bertz CT molecular complexity index is 352. The van der Waals surface area contributed by atoms with E-state index < -0.39 is 11.4 Å². The number of hydrogen-bond donors (Lipinski definition) is 1. The van der Waals surface area contributed by atoms with Gasteiger partial charge in [0.1, 0.15) is 5.25 Å². The monoisotopic (exact) mass is 263 g/mol. The predicted molar refractivity (Wildman–Crippen MR) is 66.0 cm³/mol. The zero-order valence-electron chi connectivity index (χ0n) is 9.63. The van der Waals surface area contributed by atoms with Gasteiger partial charge in [-0.2, -0.15) is 13.2 Å². The predicted octanol–water partition coefficient (Wildman–Crippen LogP) is 3.51. The highest BCUT2D eigenvalue weighted by Crippen LogP contribution is 2.34. The standard InChI is InChI=1S/C12H16F3NS/c1-9-4-2-3-5-10(9)8-17-11(6-7-16)12(13,14)15/h2-5,11H,6-8,16H2,1H3. The summed E-state index contributed by atoms with van der Waals surface area (Å²) in [5.41, 5.74) is 7.18. The molecule has 1 unspecified atom stereocenters. The van der Waals surface area contributed by atoms with Crippen LogP contribution in [0.5, 0.6) is 0 Å². The second-order valence-electron chi connectivity index (χ2n) is 3.85. The highest BCUT2D eigenvalue weighted by molar-refractivity contribution is 7.99. The summed E-state index contributed by atoms with van der Waals surface area (Å²) in [6, 6.07) is 7.48. The van der Waals surface area contributed by atoms with Crippen molar-refractivity contribution in [1.29, 1.82) is 0 Å². The van der Waals surface area contributed by atoms with Crippen LogP contribution in [0.25, 0.3) is 0 Å². The first-order chi connectivity index (χ1) is 7.95. The molecule has 0 heterocycles. The lowest BCUT2D eigenvalue weighted by molar-refractivity contribution is -0.129. The molecule has 2 N–H and O–H groups in total. The number of halogens is 3. The molecule has 0 aromatic heterocycles. The molecule has 1 rings (SSSR count). The maximum absolute atomic E-state index is 12.6. The van der Waals surface area contributed by atoms with Crippen LogP contribution in [0.2, 0.25) is 0 Å². The molecule has 0 amide bonds. The summed E-state index contributed by atoms with van der Waals surface area (Å²) in [5, 5.41) is -1.37. The quantitative estimate of drug-likeness (QED) is 0.879. The van der Waals surface area contributed by atoms with Gasteiger partial charge in [0.15, 0.2) is 0 Å². The van der Waals surface area contributed by atoms with Crippen molar-refractivity contribution >= 4 is 11.8 Å². The van der Waals surface area contributed by atoms with Crippen molar-refractivity contribution in [2.24, 2.45) is 5.73 Å². The Kier molecular flexibility index (Phi) is 5.33. The summed E-state index contributed by atoms with van der Waals surface area (Å²) >= 11 is 0.915. The number of hydrogen-bond acceptors (Lipinski definition) is 2. The molecule has 0 fully saturated rings. The second kappa shape index (κ2) is 6.31. The molecule has 5 heteroatoms. The lowest BCUT2D eigenvalue weighted by atomic mass is 10.1. The van der Waals surface area contributed by atoms with Gasteiger partial charge >= 0.3 is 6.18 Å². The summed E-state index contributed by atoms with van der Waals surface area (Å²) in [7, 11) is 0. The van der Waals surface area contributed by atoms with Crippen LogP contribution in [0.4, 0.5) is 13.2 Å².